The van der Waals surface area contributed by atoms with Gasteiger partial charge in [0.25, 0.3) is 0 Å². The Labute approximate surface area is 172 Å². The van der Waals surface area contributed by atoms with E-state index in [-0.39, 0.29) is 18.2 Å². The molecule has 0 aromatic heterocycles. The van der Waals surface area contributed by atoms with Gasteiger partial charge in [0.2, 0.25) is 5.91 Å². The van der Waals surface area contributed by atoms with Crippen LogP contribution in [-0.4, -0.2) is 23.1 Å². The van der Waals surface area contributed by atoms with E-state index in [2.05, 4.69) is 10.6 Å². The Morgan fingerprint density at radius 3 is 2.33 bits per heavy atom. The van der Waals surface area contributed by atoms with Crippen LogP contribution in [0.15, 0.2) is 59.6 Å². The van der Waals surface area contributed by atoms with E-state index < -0.39 is 5.56 Å². The van der Waals surface area contributed by atoms with Gasteiger partial charge in [-0.15, -0.1) is 0 Å². The fourth-order valence-corrected chi connectivity index (χ4v) is 3.80. The molecule has 27 heavy (non-hydrogen) atoms. The van der Waals surface area contributed by atoms with Gasteiger partial charge in [-0.3, -0.25) is 4.79 Å². The maximum Gasteiger partial charge on any atom is 0.225 e. The first kappa shape index (κ1) is 20.1. The summed E-state index contributed by atoms with van der Waals surface area (Å²) in [6, 6.07) is 15.4. The van der Waals surface area contributed by atoms with Crippen molar-refractivity contribution in [2.24, 2.45) is 0 Å². The van der Waals surface area contributed by atoms with Crippen molar-refractivity contribution in [1.29, 1.82) is 0 Å². The van der Waals surface area contributed by atoms with Crippen molar-refractivity contribution in [1.82, 2.24) is 10.6 Å². The van der Waals surface area contributed by atoms with Gasteiger partial charge >= 0.3 is 0 Å². The van der Waals surface area contributed by atoms with Gasteiger partial charge in [0.05, 0.1) is 6.42 Å². The van der Waals surface area contributed by atoms with Crippen LogP contribution in [0.2, 0.25) is 10.0 Å². The normalized spacial score (nSPS) is 17.1. The Morgan fingerprint density at radius 1 is 1.11 bits per heavy atom. The zero-order chi connectivity index (χ0) is 19.2. The maximum atomic E-state index is 12.3. The lowest BCUT2D eigenvalue weighted by Gasteiger charge is -2.19. The maximum absolute atomic E-state index is 12.3. The lowest BCUT2D eigenvalue weighted by Crippen LogP contribution is -2.31. The Hall–Kier alpha value is -1.66. The third-order valence-corrected chi connectivity index (χ3v) is 5.58. The van der Waals surface area contributed by atoms with Gasteiger partial charge < -0.3 is 15.7 Å². The average molecular weight is 423 g/mol. The van der Waals surface area contributed by atoms with Crippen molar-refractivity contribution >= 4 is 40.9 Å². The number of amides is 1. The summed E-state index contributed by atoms with van der Waals surface area (Å²) in [5, 5.41) is 18.4. The van der Waals surface area contributed by atoms with Crippen molar-refractivity contribution < 1.29 is 9.90 Å². The molecular formula is C20H20Cl2N2O2S. The molecule has 0 saturated carbocycles. The van der Waals surface area contributed by atoms with Crippen LogP contribution < -0.4 is 10.6 Å². The summed E-state index contributed by atoms with van der Waals surface area (Å²) in [6.07, 6.45) is 0.993. The van der Waals surface area contributed by atoms with Crippen molar-refractivity contribution in [2.75, 3.05) is 6.54 Å². The zero-order valence-corrected chi connectivity index (χ0v) is 16.8. The lowest BCUT2D eigenvalue weighted by atomic mass is 9.92. The number of hydrogen-bond donors (Lipinski definition) is 3. The van der Waals surface area contributed by atoms with E-state index in [9.17, 15) is 9.90 Å². The molecule has 1 aliphatic heterocycles. The predicted octanol–water partition coefficient (Wildman–Crippen LogP) is 4.28. The first-order valence-corrected chi connectivity index (χ1v) is 10.2. The molecule has 142 valence electrons. The largest absolute Gasteiger partial charge is 0.364 e. The summed E-state index contributed by atoms with van der Waals surface area (Å²) in [4.78, 5) is 12.3. The van der Waals surface area contributed by atoms with Crippen LogP contribution in [0.3, 0.4) is 0 Å². The molecule has 3 rings (SSSR count). The topological polar surface area (TPSA) is 61.4 Å². The van der Waals surface area contributed by atoms with Crippen LogP contribution in [0.5, 0.6) is 0 Å². The molecule has 0 aliphatic carbocycles. The fraction of sp³-hybridized carbons (Fsp3) is 0.250. The van der Waals surface area contributed by atoms with Crippen molar-refractivity contribution in [3.63, 3.8) is 0 Å². The van der Waals surface area contributed by atoms with Crippen molar-refractivity contribution in [3.8, 4) is 0 Å². The molecule has 2 aromatic carbocycles. The molecule has 2 aromatic rings. The molecule has 0 radical (unpaired) electrons. The van der Waals surface area contributed by atoms with E-state index >= 15 is 0 Å². The van der Waals surface area contributed by atoms with Gasteiger partial charge in [0.1, 0.15) is 0 Å². The second-order valence-corrected chi connectivity index (χ2v) is 8.16. The third kappa shape index (κ3) is 6.18. The summed E-state index contributed by atoms with van der Waals surface area (Å²) in [5.41, 5.74) is 2.32. The van der Waals surface area contributed by atoms with E-state index in [1.54, 1.807) is 5.41 Å². The molecule has 2 atom stereocenters. The summed E-state index contributed by atoms with van der Waals surface area (Å²) < 4.78 is 0. The van der Waals surface area contributed by atoms with Crippen LogP contribution >= 0.6 is 35.0 Å². The van der Waals surface area contributed by atoms with Crippen LogP contribution in [0.1, 0.15) is 23.5 Å². The van der Waals surface area contributed by atoms with Crippen LogP contribution in [0.25, 0.3) is 0 Å². The molecule has 1 amide bonds. The highest BCUT2D eigenvalue weighted by Crippen LogP contribution is 2.24. The van der Waals surface area contributed by atoms with Gasteiger partial charge in [-0.2, -0.15) is 0 Å². The van der Waals surface area contributed by atoms with Gasteiger partial charge in [-0.05, 0) is 47.2 Å². The van der Waals surface area contributed by atoms with Crippen molar-refractivity contribution in [3.05, 3.63) is 80.8 Å². The second-order valence-electron chi connectivity index (χ2n) is 6.34. The molecule has 0 bridgehead atoms. The number of benzene rings is 2. The molecule has 0 spiro atoms. The predicted molar refractivity (Wildman–Crippen MR) is 112 cm³/mol. The van der Waals surface area contributed by atoms with Crippen molar-refractivity contribution in [2.45, 2.75) is 24.3 Å². The highest BCUT2D eigenvalue weighted by Gasteiger charge is 2.18. The molecule has 0 saturated heterocycles. The van der Waals surface area contributed by atoms with Crippen LogP contribution in [0, 0.1) is 0 Å². The molecular weight excluding hydrogens is 403 g/mol. The summed E-state index contributed by atoms with van der Waals surface area (Å²) in [7, 11) is 0. The van der Waals surface area contributed by atoms with Gasteiger partial charge in [-0.1, -0.05) is 59.2 Å². The monoisotopic (exact) mass is 422 g/mol. The van der Waals surface area contributed by atoms with Crippen LogP contribution in [0.4, 0.5) is 0 Å². The minimum atomic E-state index is -0.667. The van der Waals surface area contributed by atoms with E-state index in [0.717, 1.165) is 23.2 Å². The summed E-state index contributed by atoms with van der Waals surface area (Å²) in [5.74, 6) is 0.0244. The Morgan fingerprint density at radius 2 is 1.74 bits per heavy atom. The van der Waals surface area contributed by atoms with E-state index in [0.29, 0.717) is 16.6 Å². The number of aliphatic hydroxyl groups excluding tert-OH is 1. The van der Waals surface area contributed by atoms with Gasteiger partial charge in [0, 0.05) is 28.2 Å². The minimum absolute atomic E-state index is 0.0847. The number of nitrogens with one attached hydrogen (secondary N) is 2. The first-order chi connectivity index (χ1) is 13.0. The summed E-state index contributed by atoms with van der Waals surface area (Å²) >= 11 is 13.2. The smallest absolute Gasteiger partial charge is 0.225 e. The molecule has 4 nitrogen and oxygen atoms in total. The second kappa shape index (κ2) is 9.51. The summed E-state index contributed by atoms with van der Waals surface area (Å²) in [6.45, 7) is 0.506. The number of thioether (sulfide) groups is 1. The minimum Gasteiger partial charge on any atom is -0.364 e. The number of carbonyl (C=O) groups is 1. The number of hydrogen-bond acceptors (Lipinski definition) is 4. The van der Waals surface area contributed by atoms with E-state index in [1.807, 2.05) is 48.5 Å². The van der Waals surface area contributed by atoms with E-state index in [1.165, 1.54) is 11.8 Å². The molecule has 1 heterocycles. The molecule has 0 fully saturated rings. The average Bonchev–Trinajstić information content (AvgIpc) is 3.06. The van der Waals surface area contributed by atoms with E-state index in [4.69, 9.17) is 23.2 Å². The SMILES string of the molecule is O=C(CC1=CSC(O)N1)NCC(Cc1ccc(Cl)cc1)c1ccc(Cl)cc1. The number of carbonyl (C=O) groups excluding carboxylic acids is 1. The highest BCUT2D eigenvalue weighted by atomic mass is 35.5. The Kier molecular flexibility index (Phi) is 7.07. The molecule has 1 aliphatic rings. The number of halogens is 2. The molecule has 2 unspecified atom stereocenters. The van der Waals surface area contributed by atoms with Gasteiger partial charge in [-0.25, -0.2) is 0 Å². The fourth-order valence-electron chi connectivity index (χ4n) is 2.89. The highest BCUT2D eigenvalue weighted by molar-refractivity contribution is 8.02. The molecule has 3 N–H and O–H groups in total. The first-order valence-electron chi connectivity index (χ1n) is 8.55. The Balaban J connectivity index is 1.64. The molecule has 7 heteroatoms. The third-order valence-electron chi connectivity index (χ3n) is 4.28. The van der Waals surface area contributed by atoms with Gasteiger partial charge in [0.15, 0.2) is 5.56 Å². The van der Waals surface area contributed by atoms with Crippen LogP contribution in [-0.2, 0) is 11.2 Å². The quantitative estimate of drug-likeness (QED) is 0.622. The Bertz CT molecular complexity index is 810. The number of rotatable bonds is 7. The number of aliphatic hydroxyl groups is 1. The zero-order valence-electron chi connectivity index (χ0n) is 14.5. The standard InChI is InChI=1S/C20H20Cl2N2O2S/c21-16-5-1-13(2-6-16)9-15(14-3-7-17(22)8-4-14)11-23-19(25)10-18-12-27-20(26)24-18/h1-8,12,15,20,24,26H,9-11H2,(H,23,25). The lowest BCUT2D eigenvalue weighted by molar-refractivity contribution is -0.120.